The van der Waals surface area contributed by atoms with E-state index in [1.54, 1.807) is 7.11 Å². The average Bonchev–Trinajstić information content (AvgIpc) is 2.14. The molecule has 0 N–H and O–H groups in total. The van der Waals surface area contributed by atoms with Crippen LogP contribution in [0, 0.1) is 0 Å². The number of halogens is 1. The summed E-state index contributed by atoms with van der Waals surface area (Å²) < 4.78 is 6.41. The number of ether oxygens (including phenoxy) is 1. The van der Waals surface area contributed by atoms with E-state index in [4.69, 9.17) is 4.74 Å². The molecule has 0 amide bonds. The van der Waals surface area contributed by atoms with Gasteiger partial charge in [0.05, 0.1) is 21.1 Å². The largest absolute Gasteiger partial charge is 1.00 e. The molecular weight excluding hydrogens is 210 g/mol. The molecular formula is C12H20ClNO. The summed E-state index contributed by atoms with van der Waals surface area (Å²) in [6.45, 7) is 0.987. The Morgan fingerprint density at radius 2 is 1.67 bits per heavy atom. The van der Waals surface area contributed by atoms with E-state index in [2.05, 4.69) is 45.4 Å². The van der Waals surface area contributed by atoms with E-state index < -0.39 is 0 Å². The predicted molar refractivity (Wildman–Crippen MR) is 59.1 cm³/mol. The lowest BCUT2D eigenvalue weighted by Gasteiger charge is -2.28. The molecule has 3 heteroatoms. The van der Waals surface area contributed by atoms with Crippen LogP contribution >= 0.6 is 0 Å². The van der Waals surface area contributed by atoms with Gasteiger partial charge in [-0.1, -0.05) is 30.3 Å². The zero-order valence-electron chi connectivity index (χ0n) is 9.90. The second kappa shape index (κ2) is 6.11. The minimum atomic E-state index is 0. The fraction of sp³-hybridized carbons (Fsp3) is 0.500. The minimum absolute atomic E-state index is 0. The normalized spacial score (nSPS) is 13.1. The van der Waals surface area contributed by atoms with Gasteiger partial charge >= 0.3 is 0 Å². The lowest BCUT2D eigenvalue weighted by atomic mass is 10.1. The van der Waals surface area contributed by atoms with Crippen molar-refractivity contribution in [2.45, 2.75) is 6.10 Å². The summed E-state index contributed by atoms with van der Waals surface area (Å²) in [6, 6.07) is 10.4. The van der Waals surface area contributed by atoms with Gasteiger partial charge in [0.2, 0.25) is 0 Å². The monoisotopic (exact) mass is 229 g/mol. The maximum Gasteiger partial charge on any atom is 0.131 e. The summed E-state index contributed by atoms with van der Waals surface area (Å²) in [5.41, 5.74) is 1.25. The van der Waals surface area contributed by atoms with Crippen molar-refractivity contribution in [3.63, 3.8) is 0 Å². The van der Waals surface area contributed by atoms with E-state index in [9.17, 15) is 0 Å². The Bertz CT molecular complexity index is 269. The number of methoxy groups -OCH3 is 1. The lowest BCUT2D eigenvalue weighted by molar-refractivity contribution is -0.874. The van der Waals surface area contributed by atoms with Crippen molar-refractivity contribution in [2.24, 2.45) is 0 Å². The fourth-order valence-corrected chi connectivity index (χ4v) is 1.48. The first-order valence-electron chi connectivity index (χ1n) is 4.91. The molecule has 0 aliphatic rings. The molecule has 1 aromatic rings. The quantitative estimate of drug-likeness (QED) is 0.608. The van der Waals surface area contributed by atoms with Crippen LogP contribution in [-0.2, 0) is 4.74 Å². The van der Waals surface area contributed by atoms with E-state index in [0.29, 0.717) is 0 Å². The molecule has 0 fully saturated rings. The van der Waals surface area contributed by atoms with Crippen LogP contribution in [0.3, 0.4) is 0 Å². The molecule has 0 saturated heterocycles. The second-order valence-corrected chi connectivity index (χ2v) is 4.61. The number of nitrogens with zero attached hydrogens (tertiary/aromatic N) is 1. The summed E-state index contributed by atoms with van der Waals surface area (Å²) in [7, 11) is 8.30. The number of hydrogen-bond acceptors (Lipinski definition) is 1. The molecule has 0 aliphatic carbocycles. The molecule has 0 spiro atoms. The van der Waals surface area contributed by atoms with Crippen molar-refractivity contribution in [3.8, 4) is 0 Å². The van der Waals surface area contributed by atoms with Crippen LogP contribution < -0.4 is 12.4 Å². The number of hydrogen-bond donors (Lipinski definition) is 0. The summed E-state index contributed by atoms with van der Waals surface area (Å²) in [6.07, 6.45) is 0.191. The maximum atomic E-state index is 5.50. The van der Waals surface area contributed by atoms with Crippen molar-refractivity contribution in [1.82, 2.24) is 0 Å². The van der Waals surface area contributed by atoms with Gasteiger partial charge in [-0.3, -0.25) is 0 Å². The number of likely N-dealkylation sites (N-methyl/N-ethyl adjacent to an activating group) is 1. The fourth-order valence-electron chi connectivity index (χ4n) is 1.48. The average molecular weight is 230 g/mol. The summed E-state index contributed by atoms with van der Waals surface area (Å²) in [5, 5.41) is 0. The van der Waals surface area contributed by atoms with Gasteiger partial charge in [0, 0.05) is 7.11 Å². The van der Waals surface area contributed by atoms with Gasteiger partial charge < -0.3 is 21.6 Å². The van der Waals surface area contributed by atoms with Gasteiger partial charge in [-0.15, -0.1) is 0 Å². The van der Waals surface area contributed by atoms with Crippen LogP contribution in [0.4, 0.5) is 0 Å². The van der Waals surface area contributed by atoms with Crippen LogP contribution in [0.1, 0.15) is 11.7 Å². The summed E-state index contributed by atoms with van der Waals surface area (Å²) in [5.74, 6) is 0. The molecule has 15 heavy (non-hydrogen) atoms. The SMILES string of the molecule is CO[C@H](C[N+](C)(C)C)c1ccccc1.[Cl-]. The first kappa shape index (κ1) is 14.4. The smallest absolute Gasteiger partial charge is 0.131 e. The Balaban J connectivity index is 0.00000196. The number of benzene rings is 1. The van der Waals surface area contributed by atoms with E-state index in [-0.39, 0.29) is 18.5 Å². The zero-order chi connectivity index (χ0) is 10.6. The van der Waals surface area contributed by atoms with Crippen molar-refractivity contribution in [1.29, 1.82) is 0 Å². The van der Waals surface area contributed by atoms with Crippen molar-refractivity contribution >= 4 is 0 Å². The van der Waals surface area contributed by atoms with Crippen LogP contribution in [0.15, 0.2) is 30.3 Å². The highest BCUT2D eigenvalue weighted by molar-refractivity contribution is 5.17. The lowest BCUT2D eigenvalue weighted by Crippen LogP contribution is -3.00. The summed E-state index contributed by atoms with van der Waals surface area (Å²) >= 11 is 0. The van der Waals surface area contributed by atoms with E-state index in [1.807, 2.05) is 6.07 Å². The Labute approximate surface area is 98.9 Å². The van der Waals surface area contributed by atoms with Gasteiger partial charge in [-0.2, -0.15) is 0 Å². The van der Waals surface area contributed by atoms with Gasteiger partial charge in [0.1, 0.15) is 12.6 Å². The molecule has 0 unspecified atom stereocenters. The first-order chi connectivity index (χ1) is 6.53. The molecule has 86 valence electrons. The molecule has 0 saturated carbocycles. The summed E-state index contributed by atoms with van der Waals surface area (Å²) in [4.78, 5) is 0. The Morgan fingerprint density at radius 1 is 1.13 bits per heavy atom. The van der Waals surface area contributed by atoms with Gasteiger partial charge in [-0.25, -0.2) is 0 Å². The van der Waals surface area contributed by atoms with E-state index in [0.717, 1.165) is 11.0 Å². The minimum Gasteiger partial charge on any atom is -1.00 e. The molecule has 1 rings (SSSR count). The Hall–Kier alpha value is -0.570. The standard InChI is InChI=1S/C12H20NO.ClH/c1-13(2,3)10-12(14-4)11-8-6-5-7-9-11;/h5-9,12H,10H2,1-4H3;1H/q+1;/p-1/t12-;/m1./s1. The highest BCUT2D eigenvalue weighted by atomic mass is 35.5. The Morgan fingerprint density at radius 3 is 2.07 bits per heavy atom. The van der Waals surface area contributed by atoms with Crippen LogP contribution in [-0.4, -0.2) is 39.3 Å². The van der Waals surface area contributed by atoms with Gasteiger partial charge in [-0.05, 0) is 5.56 Å². The number of rotatable bonds is 4. The second-order valence-electron chi connectivity index (χ2n) is 4.61. The molecule has 0 bridgehead atoms. The molecule has 0 aromatic heterocycles. The zero-order valence-corrected chi connectivity index (χ0v) is 10.7. The molecule has 0 heterocycles. The highest BCUT2D eigenvalue weighted by Gasteiger charge is 2.18. The third-order valence-corrected chi connectivity index (χ3v) is 2.17. The predicted octanol–water partition coefficient (Wildman–Crippen LogP) is -0.916. The first-order valence-corrected chi connectivity index (χ1v) is 4.91. The number of quaternary nitrogens is 1. The molecule has 1 aromatic carbocycles. The maximum absolute atomic E-state index is 5.50. The topological polar surface area (TPSA) is 9.23 Å². The molecule has 0 radical (unpaired) electrons. The third kappa shape index (κ3) is 5.17. The molecule has 1 atom stereocenters. The third-order valence-electron chi connectivity index (χ3n) is 2.17. The van der Waals surface area contributed by atoms with Gasteiger partial charge in [0.25, 0.3) is 0 Å². The van der Waals surface area contributed by atoms with E-state index in [1.165, 1.54) is 5.56 Å². The van der Waals surface area contributed by atoms with Crippen molar-refractivity contribution in [3.05, 3.63) is 35.9 Å². The van der Waals surface area contributed by atoms with E-state index >= 15 is 0 Å². The van der Waals surface area contributed by atoms with Crippen molar-refractivity contribution in [2.75, 3.05) is 34.8 Å². The highest BCUT2D eigenvalue weighted by Crippen LogP contribution is 2.18. The molecule has 2 nitrogen and oxygen atoms in total. The van der Waals surface area contributed by atoms with Crippen molar-refractivity contribution < 1.29 is 21.6 Å². The van der Waals surface area contributed by atoms with Gasteiger partial charge in [0.15, 0.2) is 0 Å². The molecule has 0 aliphatic heterocycles. The van der Waals surface area contributed by atoms with Crippen LogP contribution in [0.25, 0.3) is 0 Å². The Kier molecular flexibility index (Phi) is 5.88. The van der Waals surface area contributed by atoms with Crippen LogP contribution in [0.2, 0.25) is 0 Å². The van der Waals surface area contributed by atoms with Crippen LogP contribution in [0.5, 0.6) is 0 Å².